The molecule has 0 unspecified atom stereocenters. The molecule has 5 heteroatoms. The van der Waals surface area contributed by atoms with Crippen LogP contribution < -0.4 is 0 Å². The predicted molar refractivity (Wildman–Crippen MR) is 67.6 cm³/mol. The van der Waals surface area contributed by atoms with E-state index in [1.165, 1.54) is 25.7 Å². The Balaban J connectivity index is 1.71. The summed E-state index contributed by atoms with van der Waals surface area (Å²) in [6.07, 6.45) is 6.74. The second-order valence-corrected chi connectivity index (χ2v) is 6.04. The molecule has 2 aliphatic rings. The summed E-state index contributed by atoms with van der Waals surface area (Å²) < 4.78 is 0.763. The molecule has 0 aromatic carbocycles. The summed E-state index contributed by atoms with van der Waals surface area (Å²) in [5.41, 5.74) is 0.589. The van der Waals surface area contributed by atoms with Crippen molar-refractivity contribution < 1.29 is 4.79 Å². The molecule has 0 aliphatic heterocycles. The van der Waals surface area contributed by atoms with Crippen LogP contribution in [0.5, 0.6) is 0 Å². The number of aromatic nitrogens is 2. The van der Waals surface area contributed by atoms with Crippen LogP contribution in [0.4, 0.5) is 0 Å². The Morgan fingerprint density at radius 3 is 2.35 bits per heavy atom. The highest BCUT2D eigenvalue weighted by Gasteiger charge is 2.32. The van der Waals surface area contributed by atoms with Crippen molar-refractivity contribution in [3.8, 4) is 0 Å². The van der Waals surface area contributed by atoms with Gasteiger partial charge in [0.15, 0.2) is 0 Å². The Labute approximate surface area is 109 Å². The van der Waals surface area contributed by atoms with Gasteiger partial charge in [0.05, 0.1) is 10.7 Å². The Morgan fingerprint density at radius 1 is 1.35 bits per heavy atom. The van der Waals surface area contributed by atoms with Gasteiger partial charge in [-0.1, -0.05) is 0 Å². The van der Waals surface area contributed by atoms with Crippen LogP contribution in [0.25, 0.3) is 0 Å². The van der Waals surface area contributed by atoms with Crippen LogP contribution in [0.2, 0.25) is 0 Å². The average molecular weight is 298 g/mol. The second-order valence-electron chi connectivity index (χ2n) is 5.19. The van der Waals surface area contributed by atoms with Crippen molar-refractivity contribution in [2.45, 2.75) is 25.7 Å². The lowest BCUT2D eigenvalue weighted by Gasteiger charge is -2.22. The number of amides is 1. The van der Waals surface area contributed by atoms with E-state index in [9.17, 15) is 4.79 Å². The quantitative estimate of drug-likeness (QED) is 0.907. The van der Waals surface area contributed by atoms with Crippen molar-refractivity contribution in [1.29, 1.82) is 0 Å². The molecule has 17 heavy (non-hydrogen) atoms. The molecule has 92 valence electrons. The van der Waals surface area contributed by atoms with E-state index < -0.39 is 0 Å². The third kappa shape index (κ3) is 2.70. The van der Waals surface area contributed by atoms with Crippen LogP contribution in [-0.2, 0) is 0 Å². The number of nitrogens with one attached hydrogen (secondary N) is 1. The van der Waals surface area contributed by atoms with Gasteiger partial charge < -0.3 is 4.90 Å². The lowest BCUT2D eigenvalue weighted by atomic mass is 10.2. The van der Waals surface area contributed by atoms with Crippen molar-refractivity contribution in [1.82, 2.24) is 15.1 Å². The van der Waals surface area contributed by atoms with E-state index in [0.717, 1.165) is 29.4 Å². The largest absolute Gasteiger partial charge is 0.337 e. The molecule has 1 aromatic rings. The maximum absolute atomic E-state index is 12.4. The molecule has 2 aliphatic carbocycles. The summed E-state index contributed by atoms with van der Waals surface area (Å²) in [6, 6.07) is 0. The van der Waals surface area contributed by atoms with E-state index in [-0.39, 0.29) is 5.91 Å². The maximum Gasteiger partial charge on any atom is 0.273 e. The fourth-order valence-corrected chi connectivity index (χ4v) is 2.40. The normalized spacial score (nSPS) is 19.4. The molecule has 4 nitrogen and oxygen atoms in total. The Morgan fingerprint density at radius 2 is 1.94 bits per heavy atom. The summed E-state index contributed by atoms with van der Waals surface area (Å²) >= 11 is 3.36. The van der Waals surface area contributed by atoms with Crippen molar-refractivity contribution in [3.63, 3.8) is 0 Å². The summed E-state index contributed by atoms with van der Waals surface area (Å²) in [7, 11) is 0. The van der Waals surface area contributed by atoms with Crippen molar-refractivity contribution >= 4 is 21.8 Å². The van der Waals surface area contributed by atoms with Crippen LogP contribution in [0.1, 0.15) is 36.2 Å². The lowest BCUT2D eigenvalue weighted by molar-refractivity contribution is 0.0732. The molecule has 0 spiro atoms. The molecule has 1 N–H and O–H groups in total. The monoisotopic (exact) mass is 297 g/mol. The lowest BCUT2D eigenvalue weighted by Crippen LogP contribution is -2.35. The molecule has 3 rings (SSSR count). The standard InChI is InChI=1S/C12H16BrN3O/c13-10-5-14-15-11(10)12(17)16(6-8-1-2-8)7-9-3-4-9/h5,8-9H,1-4,6-7H2,(H,14,15). The predicted octanol–water partition coefficient (Wildman–Crippen LogP) is 2.43. The third-order valence-corrected chi connectivity index (χ3v) is 4.05. The van der Waals surface area contributed by atoms with Crippen LogP contribution in [0.3, 0.4) is 0 Å². The highest BCUT2D eigenvalue weighted by molar-refractivity contribution is 9.10. The van der Waals surface area contributed by atoms with Gasteiger partial charge in [-0.05, 0) is 53.4 Å². The van der Waals surface area contributed by atoms with E-state index in [2.05, 4.69) is 26.1 Å². The number of H-pyrrole nitrogens is 1. The minimum atomic E-state index is 0.0909. The molecule has 0 atom stereocenters. The highest BCUT2D eigenvalue weighted by Crippen LogP contribution is 2.34. The first-order valence-electron chi connectivity index (χ1n) is 6.22. The van der Waals surface area contributed by atoms with Crippen LogP contribution >= 0.6 is 15.9 Å². The summed E-state index contributed by atoms with van der Waals surface area (Å²) in [5, 5.41) is 6.68. The number of hydrogen-bond donors (Lipinski definition) is 1. The number of halogens is 1. The summed E-state index contributed by atoms with van der Waals surface area (Å²) in [4.78, 5) is 14.4. The highest BCUT2D eigenvalue weighted by atomic mass is 79.9. The molecule has 2 fully saturated rings. The van der Waals surface area contributed by atoms with Gasteiger partial charge in [-0.25, -0.2) is 0 Å². The van der Waals surface area contributed by atoms with Crippen LogP contribution in [0, 0.1) is 11.8 Å². The number of rotatable bonds is 5. The molecule has 2 saturated carbocycles. The molecular formula is C12H16BrN3O. The van der Waals surface area contributed by atoms with Gasteiger partial charge in [-0.3, -0.25) is 9.89 Å². The molecule has 1 heterocycles. The van der Waals surface area contributed by atoms with E-state index >= 15 is 0 Å². The SMILES string of the molecule is O=C(c1[nH]ncc1Br)N(CC1CC1)CC1CC1. The van der Waals surface area contributed by atoms with Gasteiger partial charge in [0, 0.05) is 13.1 Å². The molecule has 1 amide bonds. The van der Waals surface area contributed by atoms with Crippen molar-refractivity contribution in [2.75, 3.05) is 13.1 Å². The topological polar surface area (TPSA) is 49.0 Å². The van der Waals surface area contributed by atoms with Crippen molar-refractivity contribution in [3.05, 3.63) is 16.4 Å². The summed E-state index contributed by atoms with van der Waals surface area (Å²) in [5.74, 6) is 1.56. The molecule has 0 bridgehead atoms. The minimum Gasteiger partial charge on any atom is -0.337 e. The second kappa shape index (κ2) is 4.44. The van der Waals surface area contributed by atoms with Gasteiger partial charge in [-0.2, -0.15) is 5.10 Å². The van der Waals surface area contributed by atoms with Crippen molar-refractivity contribution in [2.24, 2.45) is 11.8 Å². The molecule has 0 saturated heterocycles. The van der Waals surface area contributed by atoms with Gasteiger partial charge in [0.2, 0.25) is 0 Å². The zero-order valence-electron chi connectivity index (χ0n) is 9.66. The number of aromatic amines is 1. The number of hydrogen-bond acceptors (Lipinski definition) is 2. The van der Waals surface area contributed by atoms with E-state index in [4.69, 9.17) is 0 Å². The third-order valence-electron chi connectivity index (χ3n) is 3.45. The Kier molecular flexibility index (Phi) is 2.94. The zero-order valence-corrected chi connectivity index (χ0v) is 11.2. The van der Waals surface area contributed by atoms with E-state index in [0.29, 0.717) is 5.69 Å². The van der Waals surface area contributed by atoms with E-state index in [1.807, 2.05) is 4.90 Å². The van der Waals surface area contributed by atoms with Gasteiger partial charge in [0.25, 0.3) is 5.91 Å². The fourth-order valence-electron chi connectivity index (χ4n) is 2.04. The molecule has 1 aromatic heterocycles. The van der Waals surface area contributed by atoms with Gasteiger partial charge >= 0.3 is 0 Å². The average Bonchev–Trinajstić information content (AvgIpc) is 3.21. The van der Waals surface area contributed by atoms with Crippen LogP contribution in [-0.4, -0.2) is 34.1 Å². The van der Waals surface area contributed by atoms with Gasteiger partial charge in [-0.15, -0.1) is 0 Å². The number of carbonyl (C=O) groups excluding carboxylic acids is 1. The van der Waals surface area contributed by atoms with Crippen LogP contribution in [0.15, 0.2) is 10.7 Å². The molecular weight excluding hydrogens is 282 g/mol. The maximum atomic E-state index is 12.4. The van der Waals surface area contributed by atoms with E-state index in [1.54, 1.807) is 6.20 Å². The smallest absolute Gasteiger partial charge is 0.273 e. The number of nitrogens with zero attached hydrogens (tertiary/aromatic N) is 2. The summed E-state index contributed by atoms with van der Waals surface area (Å²) in [6.45, 7) is 1.83. The zero-order chi connectivity index (χ0) is 11.8. The Bertz CT molecular complexity index is 409. The first-order valence-corrected chi connectivity index (χ1v) is 7.01. The first kappa shape index (κ1) is 11.3. The minimum absolute atomic E-state index is 0.0909. The number of carbonyl (C=O) groups is 1. The molecule has 0 radical (unpaired) electrons. The fraction of sp³-hybridized carbons (Fsp3) is 0.667. The van der Waals surface area contributed by atoms with Gasteiger partial charge in [0.1, 0.15) is 5.69 Å². The first-order chi connectivity index (χ1) is 8.24. The Hall–Kier alpha value is -0.840.